The summed E-state index contributed by atoms with van der Waals surface area (Å²) < 4.78 is 12.9. The minimum atomic E-state index is -0.798. The maximum Gasteiger partial charge on any atom is 0.303 e. The molecule has 2 aromatic heterocycles. The molecule has 0 saturated carbocycles. The highest BCUT2D eigenvalue weighted by molar-refractivity contribution is 5.80. The average Bonchev–Trinajstić information content (AvgIpc) is 3.03. The number of nitrogens with zero attached hydrogens (tertiary/aromatic N) is 2. The van der Waals surface area contributed by atoms with Crippen LogP contribution in [0.2, 0.25) is 0 Å². The van der Waals surface area contributed by atoms with E-state index in [9.17, 15) is 9.59 Å². The Labute approximate surface area is 175 Å². The monoisotopic (exact) mass is 405 g/mol. The molecule has 7 heteroatoms. The van der Waals surface area contributed by atoms with Crippen molar-refractivity contribution in [2.45, 2.75) is 33.4 Å². The minimum Gasteiger partial charge on any atom is -0.462 e. The van der Waals surface area contributed by atoms with E-state index in [0.717, 1.165) is 22.5 Å². The molecule has 154 valence electrons. The van der Waals surface area contributed by atoms with Crippen LogP contribution in [0.1, 0.15) is 35.7 Å². The maximum atomic E-state index is 12.3. The highest BCUT2D eigenvalue weighted by Crippen LogP contribution is 2.27. The number of fused-ring (bicyclic) bond motifs is 1. The molecule has 1 aromatic carbocycles. The zero-order valence-corrected chi connectivity index (χ0v) is 17.1. The molecule has 1 unspecified atom stereocenters. The molecule has 0 aliphatic carbocycles. The van der Waals surface area contributed by atoms with Gasteiger partial charge in [0.2, 0.25) is 0 Å². The lowest BCUT2D eigenvalue weighted by molar-refractivity contribution is -0.147. The van der Waals surface area contributed by atoms with Crippen molar-refractivity contribution in [3.63, 3.8) is 0 Å². The smallest absolute Gasteiger partial charge is 0.303 e. The number of pyridine rings is 1. The standard InChI is InChI=1S/C23H23N3O4/c1-5-9-19-16(3)24-22-20(12-8-13-26(19)22)30-23(18-11-7-6-10-15(18)2)25-21(28)14-29-17(4)27/h1,6-8,10-13,23H,9,14H2,2-4H3,(H,25,28). The first kappa shape index (κ1) is 20.9. The second-order valence-electron chi connectivity index (χ2n) is 6.79. The van der Waals surface area contributed by atoms with Gasteiger partial charge in [-0.1, -0.05) is 24.3 Å². The average molecular weight is 405 g/mol. The molecular formula is C23H23N3O4. The van der Waals surface area contributed by atoms with Crippen LogP contribution in [-0.2, 0) is 20.7 Å². The molecule has 0 spiro atoms. The molecule has 30 heavy (non-hydrogen) atoms. The van der Waals surface area contributed by atoms with Crippen LogP contribution in [0.25, 0.3) is 5.65 Å². The van der Waals surface area contributed by atoms with Crippen LogP contribution < -0.4 is 10.1 Å². The Morgan fingerprint density at radius 1 is 1.23 bits per heavy atom. The van der Waals surface area contributed by atoms with Gasteiger partial charge in [-0.15, -0.1) is 12.3 Å². The molecule has 0 bridgehead atoms. The van der Waals surface area contributed by atoms with E-state index >= 15 is 0 Å². The number of rotatable bonds is 7. The third-order valence-corrected chi connectivity index (χ3v) is 4.60. The molecule has 1 N–H and O–H groups in total. The normalized spacial score (nSPS) is 11.5. The number of hydrogen-bond acceptors (Lipinski definition) is 5. The summed E-state index contributed by atoms with van der Waals surface area (Å²) in [6.45, 7) is 4.68. The number of esters is 1. The molecule has 0 aliphatic heterocycles. The summed E-state index contributed by atoms with van der Waals surface area (Å²) >= 11 is 0. The largest absolute Gasteiger partial charge is 0.462 e. The van der Waals surface area contributed by atoms with Crippen molar-refractivity contribution in [3.05, 3.63) is 65.1 Å². The van der Waals surface area contributed by atoms with Crippen molar-refractivity contribution in [1.29, 1.82) is 0 Å². The number of aryl methyl sites for hydroxylation is 2. The Kier molecular flexibility index (Phi) is 6.38. The van der Waals surface area contributed by atoms with E-state index in [1.54, 1.807) is 6.07 Å². The van der Waals surface area contributed by atoms with Crippen LogP contribution in [0.3, 0.4) is 0 Å². The summed E-state index contributed by atoms with van der Waals surface area (Å²) in [5.74, 6) is 2.13. The first-order valence-corrected chi connectivity index (χ1v) is 9.45. The summed E-state index contributed by atoms with van der Waals surface area (Å²) in [5, 5.41) is 2.78. The molecule has 1 amide bonds. The van der Waals surface area contributed by atoms with Crippen LogP contribution >= 0.6 is 0 Å². The fraction of sp³-hybridized carbons (Fsp3) is 0.261. The number of amides is 1. The van der Waals surface area contributed by atoms with Crippen LogP contribution in [0.5, 0.6) is 5.75 Å². The van der Waals surface area contributed by atoms with Crippen molar-refractivity contribution in [2.75, 3.05) is 6.61 Å². The van der Waals surface area contributed by atoms with Gasteiger partial charge in [-0.3, -0.25) is 14.0 Å². The number of imidazole rings is 1. The van der Waals surface area contributed by atoms with Crippen molar-refractivity contribution < 1.29 is 19.1 Å². The molecule has 0 aliphatic rings. The number of benzene rings is 1. The quantitative estimate of drug-likeness (QED) is 0.371. The van der Waals surface area contributed by atoms with Gasteiger partial charge >= 0.3 is 5.97 Å². The van der Waals surface area contributed by atoms with E-state index in [2.05, 4.69) is 16.2 Å². The number of nitrogens with one attached hydrogen (secondary N) is 1. The van der Waals surface area contributed by atoms with Gasteiger partial charge in [0, 0.05) is 18.7 Å². The van der Waals surface area contributed by atoms with Crippen LogP contribution in [0, 0.1) is 26.2 Å². The predicted octanol–water partition coefficient (Wildman–Crippen LogP) is 2.88. The fourth-order valence-electron chi connectivity index (χ4n) is 3.14. The van der Waals surface area contributed by atoms with Crippen LogP contribution in [0.15, 0.2) is 42.6 Å². The molecular weight excluding hydrogens is 382 g/mol. The number of carbonyl (C=O) groups excluding carboxylic acids is 2. The molecule has 7 nitrogen and oxygen atoms in total. The van der Waals surface area contributed by atoms with E-state index in [1.807, 2.05) is 54.8 Å². The second-order valence-corrected chi connectivity index (χ2v) is 6.79. The first-order chi connectivity index (χ1) is 14.4. The lowest BCUT2D eigenvalue weighted by Crippen LogP contribution is -2.35. The Bertz CT molecular complexity index is 1130. The van der Waals surface area contributed by atoms with Crippen LogP contribution in [-0.4, -0.2) is 27.9 Å². The van der Waals surface area contributed by atoms with Gasteiger partial charge in [-0.2, -0.15) is 0 Å². The van der Waals surface area contributed by atoms with Gasteiger partial charge < -0.3 is 14.8 Å². The van der Waals surface area contributed by atoms with Crippen molar-refractivity contribution >= 4 is 17.5 Å². The number of terminal acetylenes is 1. The summed E-state index contributed by atoms with van der Waals surface area (Å²) in [6, 6.07) is 11.2. The lowest BCUT2D eigenvalue weighted by Gasteiger charge is -2.22. The van der Waals surface area contributed by atoms with E-state index in [0.29, 0.717) is 17.8 Å². The van der Waals surface area contributed by atoms with Gasteiger partial charge in [0.15, 0.2) is 24.2 Å². The summed E-state index contributed by atoms with van der Waals surface area (Å²) in [6.07, 6.45) is 7.01. The highest BCUT2D eigenvalue weighted by atomic mass is 16.5. The molecule has 3 aromatic rings. The first-order valence-electron chi connectivity index (χ1n) is 9.45. The van der Waals surface area contributed by atoms with Gasteiger partial charge in [0.25, 0.3) is 5.91 Å². The van der Waals surface area contributed by atoms with E-state index in [-0.39, 0.29) is 6.61 Å². The summed E-state index contributed by atoms with van der Waals surface area (Å²) in [4.78, 5) is 28.0. The molecule has 0 radical (unpaired) electrons. The Balaban J connectivity index is 1.96. The summed E-state index contributed by atoms with van der Waals surface area (Å²) in [7, 11) is 0. The lowest BCUT2D eigenvalue weighted by atomic mass is 10.1. The molecule has 2 heterocycles. The topological polar surface area (TPSA) is 81.9 Å². The van der Waals surface area contributed by atoms with E-state index < -0.39 is 18.1 Å². The number of aromatic nitrogens is 2. The fourth-order valence-corrected chi connectivity index (χ4v) is 3.14. The Morgan fingerprint density at radius 3 is 2.70 bits per heavy atom. The zero-order chi connectivity index (χ0) is 21.7. The summed E-state index contributed by atoms with van der Waals surface area (Å²) in [5.41, 5.74) is 4.05. The zero-order valence-electron chi connectivity index (χ0n) is 17.1. The predicted molar refractivity (Wildman–Crippen MR) is 112 cm³/mol. The maximum absolute atomic E-state index is 12.3. The molecule has 0 saturated heterocycles. The van der Waals surface area contributed by atoms with Gasteiger partial charge in [-0.05, 0) is 31.5 Å². The molecule has 1 atom stereocenters. The number of hydrogen-bond donors (Lipinski definition) is 1. The molecule has 3 rings (SSSR count). The molecule has 0 fully saturated rings. The minimum absolute atomic E-state index is 0.389. The highest BCUT2D eigenvalue weighted by Gasteiger charge is 2.21. The van der Waals surface area contributed by atoms with Crippen LogP contribution in [0.4, 0.5) is 0 Å². The third-order valence-electron chi connectivity index (χ3n) is 4.60. The van der Waals surface area contributed by atoms with Crippen molar-refractivity contribution in [3.8, 4) is 18.1 Å². The number of carbonyl (C=O) groups is 2. The Morgan fingerprint density at radius 2 is 2.00 bits per heavy atom. The van der Waals surface area contributed by atoms with Crippen molar-refractivity contribution in [1.82, 2.24) is 14.7 Å². The van der Waals surface area contributed by atoms with Gasteiger partial charge in [0.1, 0.15) is 0 Å². The van der Waals surface area contributed by atoms with Gasteiger partial charge in [-0.25, -0.2) is 4.98 Å². The third kappa shape index (κ3) is 4.61. The number of ether oxygens (including phenoxy) is 2. The van der Waals surface area contributed by atoms with E-state index in [4.69, 9.17) is 15.9 Å². The van der Waals surface area contributed by atoms with Gasteiger partial charge in [0.05, 0.1) is 17.8 Å². The SMILES string of the molecule is C#CCc1c(C)nc2c(OC(NC(=O)COC(C)=O)c3ccccc3C)cccn12. The van der Waals surface area contributed by atoms with E-state index in [1.165, 1.54) is 6.92 Å². The second kappa shape index (κ2) is 9.14. The Hall–Kier alpha value is -3.79. The van der Waals surface area contributed by atoms with Crippen molar-refractivity contribution in [2.24, 2.45) is 0 Å².